The van der Waals surface area contributed by atoms with Crippen LogP contribution in [0.1, 0.15) is 59.1 Å². The average molecular weight is 488 g/mol. The standard InChI is InChI=1S/C24H33N5O6/c1-5-8-23(4)10-9-22(2,3)20(23)34-21(32)33-11-15-17(30)18(31)24(12-25,35-15)16-7-6-14-19(26)27-13-28-29(14)16/h6-7,13,15,17-18,20,30-31H,5,8-11H2,1-4H3,(H2,26,27,28)/t15-,17-,18-,20+,23?,24+/m1/s1. The molecule has 0 aromatic carbocycles. The second-order valence-electron chi connectivity index (χ2n) is 10.6. The number of anilines is 1. The Balaban J connectivity index is 1.49. The first-order valence-electron chi connectivity index (χ1n) is 11.9. The molecule has 0 spiro atoms. The molecule has 2 aliphatic rings. The predicted octanol–water partition coefficient (Wildman–Crippen LogP) is 2.30. The van der Waals surface area contributed by atoms with Crippen LogP contribution in [-0.2, 0) is 19.8 Å². The van der Waals surface area contributed by atoms with Gasteiger partial charge in [0.25, 0.3) is 0 Å². The Bertz CT molecular complexity index is 1150. The number of nitrogens with zero attached hydrogens (tertiary/aromatic N) is 4. The monoisotopic (exact) mass is 487 g/mol. The van der Waals surface area contributed by atoms with Gasteiger partial charge in [0.2, 0.25) is 5.60 Å². The topological polar surface area (TPSA) is 165 Å². The first-order chi connectivity index (χ1) is 16.5. The Labute approximate surface area is 203 Å². The van der Waals surface area contributed by atoms with Gasteiger partial charge in [-0.25, -0.2) is 14.3 Å². The van der Waals surface area contributed by atoms with E-state index in [4.69, 9.17) is 19.9 Å². The maximum atomic E-state index is 12.7. The fourth-order valence-corrected chi connectivity index (χ4v) is 5.77. The van der Waals surface area contributed by atoms with Crippen LogP contribution in [-0.4, -0.2) is 62.0 Å². The molecule has 2 fully saturated rings. The van der Waals surface area contributed by atoms with Crippen LogP contribution in [0.15, 0.2) is 18.5 Å². The van der Waals surface area contributed by atoms with Gasteiger partial charge in [0.15, 0.2) is 5.82 Å². The van der Waals surface area contributed by atoms with Crippen LogP contribution in [0.2, 0.25) is 0 Å². The van der Waals surface area contributed by atoms with E-state index in [9.17, 15) is 20.3 Å². The van der Waals surface area contributed by atoms with Crippen LogP contribution >= 0.6 is 0 Å². The normalized spacial score (nSPS) is 34.1. The summed E-state index contributed by atoms with van der Waals surface area (Å²) < 4.78 is 18.3. The molecule has 0 amide bonds. The number of aliphatic hydroxyl groups excluding tert-OH is 2. The van der Waals surface area contributed by atoms with Gasteiger partial charge in [-0.05, 0) is 31.4 Å². The van der Waals surface area contributed by atoms with Crippen molar-refractivity contribution in [2.45, 2.75) is 83.4 Å². The molecule has 1 aliphatic carbocycles. The third kappa shape index (κ3) is 4.09. The number of nitrogens with two attached hydrogens (primary N) is 1. The molecule has 4 N–H and O–H groups in total. The second kappa shape index (κ2) is 8.93. The molecule has 1 unspecified atom stereocenters. The van der Waals surface area contributed by atoms with E-state index in [-0.39, 0.29) is 28.4 Å². The molecule has 1 saturated heterocycles. The van der Waals surface area contributed by atoms with Crippen LogP contribution < -0.4 is 5.73 Å². The Kier molecular flexibility index (Phi) is 6.42. The van der Waals surface area contributed by atoms with Crippen LogP contribution in [0.5, 0.6) is 0 Å². The zero-order chi connectivity index (χ0) is 25.6. The molecular formula is C24H33N5O6. The molecule has 0 bridgehead atoms. The van der Waals surface area contributed by atoms with Gasteiger partial charge < -0.3 is 30.2 Å². The van der Waals surface area contributed by atoms with Gasteiger partial charge in [0.05, 0.1) is 5.69 Å². The van der Waals surface area contributed by atoms with Crippen molar-refractivity contribution < 1.29 is 29.2 Å². The number of hydrogen-bond acceptors (Lipinski definition) is 10. The number of aliphatic hydroxyl groups is 2. The van der Waals surface area contributed by atoms with Gasteiger partial charge in [0.1, 0.15) is 48.9 Å². The van der Waals surface area contributed by atoms with Crippen LogP contribution in [0.4, 0.5) is 10.6 Å². The number of hydrogen-bond donors (Lipinski definition) is 3. The number of fused-ring (bicyclic) bond motifs is 1. The minimum absolute atomic E-state index is 0.146. The van der Waals surface area contributed by atoms with Crippen LogP contribution in [0, 0.1) is 22.2 Å². The molecule has 2 aromatic rings. The van der Waals surface area contributed by atoms with Crippen molar-refractivity contribution in [2.24, 2.45) is 10.8 Å². The first-order valence-corrected chi connectivity index (χ1v) is 11.9. The van der Waals surface area contributed by atoms with E-state index >= 15 is 0 Å². The quantitative estimate of drug-likeness (QED) is 0.515. The molecule has 1 saturated carbocycles. The lowest BCUT2D eigenvalue weighted by Crippen LogP contribution is -2.41. The minimum Gasteiger partial charge on any atom is -0.431 e. The smallest absolute Gasteiger partial charge is 0.431 e. The van der Waals surface area contributed by atoms with E-state index in [0.717, 1.165) is 25.7 Å². The lowest BCUT2D eigenvalue weighted by atomic mass is 9.77. The van der Waals surface area contributed by atoms with E-state index in [1.165, 1.54) is 16.9 Å². The molecule has 0 radical (unpaired) electrons. The molecule has 11 heteroatoms. The van der Waals surface area contributed by atoms with Crippen molar-refractivity contribution >= 4 is 17.5 Å². The van der Waals surface area contributed by atoms with Crippen molar-refractivity contribution in [3.8, 4) is 6.07 Å². The Morgan fingerprint density at radius 2 is 2.09 bits per heavy atom. The molecule has 35 heavy (non-hydrogen) atoms. The molecule has 1 aliphatic heterocycles. The predicted molar refractivity (Wildman–Crippen MR) is 124 cm³/mol. The summed E-state index contributed by atoms with van der Waals surface area (Å²) in [5.41, 5.74) is 4.15. The third-order valence-electron chi connectivity index (χ3n) is 7.57. The Morgan fingerprint density at radius 3 is 2.77 bits per heavy atom. The van der Waals surface area contributed by atoms with Crippen molar-refractivity contribution in [3.05, 3.63) is 24.2 Å². The first kappa shape index (κ1) is 25.2. The number of nitriles is 1. The van der Waals surface area contributed by atoms with Gasteiger partial charge >= 0.3 is 6.16 Å². The number of carbonyl (C=O) groups is 1. The fourth-order valence-electron chi connectivity index (χ4n) is 5.77. The maximum Gasteiger partial charge on any atom is 0.508 e. The van der Waals surface area contributed by atoms with Gasteiger partial charge in [-0.3, -0.25) is 0 Å². The largest absolute Gasteiger partial charge is 0.508 e. The summed E-state index contributed by atoms with van der Waals surface area (Å²) in [7, 11) is 0. The van der Waals surface area contributed by atoms with E-state index < -0.39 is 36.7 Å². The fraction of sp³-hybridized carbons (Fsp3) is 0.667. The van der Waals surface area contributed by atoms with Gasteiger partial charge in [-0.15, -0.1) is 0 Å². The Morgan fingerprint density at radius 1 is 1.34 bits per heavy atom. The summed E-state index contributed by atoms with van der Waals surface area (Å²) in [6, 6.07) is 5.07. The molecule has 3 heterocycles. The highest BCUT2D eigenvalue weighted by molar-refractivity contribution is 5.66. The number of aromatic nitrogens is 3. The van der Waals surface area contributed by atoms with Gasteiger partial charge in [-0.1, -0.05) is 34.1 Å². The summed E-state index contributed by atoms with van der Waals surface area (Å²) in [4.78, 5) is 16.6. The van der Waals surface area contributed by atoms with Crippen LogP contribution in [0.3, 0.4) is 0 Å². The number of nitrogen functional groups attached to an aromatic ring is 1. The molecule has 6 atom stereocenters. The number of carbonyl (C=O) groups excluding carboxylic acids is 1. The second-order valence-corrected chi connectivity index (χ2v) is 10.6. The van der Waals surface area contributed by atoms with Crippen molar-refractivity contribution in [1.82, 2.24) is 14.6 Å². The van der Waals surface area contributed by atoms with E-state index in [1.54, 1.807) is 6.07 Å². The summed E-state index contributed by atoms with van der Waals surface area (Å²) in [6.07, 6.45) is -0.498. The Hall–Kier alpha value is -2.94. The van der Waals surface area contributed by atoms with Crippen molar-refractivity contribution in [1.29, 1.82) is 5.26 Å². The van der Waals surface area contributed by atoms with Gasteiger partial charge in [0, 0.05) is 10.8 Å². The van der Waals surface area contributed by atoms with E-state index in [1.807, 2.05) is 6.07 Å². The maximum absolute atomic E-state index is 12.7. The van der Waals surface area contributed by atoms with Gasteiger partial charge in [-0.2, -0.15) is 10.4 Å². The minimum atomic E-state index is -1.96. The number of ether oxygens (including phenoxy) is 3. The van der Waals surface area contributed by atoms with E-state index in [2.05, 4.69) is 37.8 Å². The summed E-state index contributed by atoms with van der Waals surface area (Å²) >= 11 is 0. The van der Waals surface area contributed by atoms with Crippen LogP contribution in [0.25, 0.3) is 5.52 Å². The summed E-state index contributed by atoms with van der Waals surface area (Å²) in [5, 5.41) is 35.6. The zero-order valence-corrected chi connectivity index (χ0v) is 20.5. The lowest BCUT2D eigenvalue weighted by molar-refractivity contribution is -0.0889. The van der Waals surface area contributed by atoms with Crippen molar-refractivity contribution in [3.63, 3.8) is 0 Å². The molecule has 4 rings (SSSR count). The molecule has 2 aromatic heterocycles. The average Bonchev–Trinajstić information content (AvgIpc) is 3.43. The molecule has 11 nitrogen and oxygen atoms in total. The van der Waals surface area contributed by atoms with Crippen molar-refractivity contribution in [2.75, 3.05) is 12.3 Å². The number of rotatable bonds is 6. The lowest BCUT2D eigenvalue weighted by Gasteiger charge is -2.36. The summed E-state index contributed by atoms with van der Waals surface area (Å²) in [6.45, 7) is 7.98. The SMILES string of the molecule is CCCC1(C)CCC(C)(C)[C@@H]1OC(=O)OC[C@H]1O[C@@](C#N)(c2ccc3c(N)ncnn23)[C@H](O)[C@@H]1O. The summed E-state index contributed by atoms with van der Waals surface area (Å²) in [5.74, 6) is 0.180. The highest BCUT2D eigenvalue weighted by atomic mass is 16.7. The third-order valence-corrected chi connectivity index (χ3v) is 7.57. The highest BCUT2D eigenvalue weighted by Gasteiger charge is 2.58. The molecular weight excluding hydrogens is 454 g/mol. The van der Waals surface area contributed by atoms with E-state index in [0.29, 0.717) is 5.52 Å². The highest BCUT2D eigenvalue weighted by Crippen LogP contribution is 2.53. The molecule has 190 valence electrons. The zero-order valence-electron chi connectivity index (χ0n) is 20.5.